The van der Waals surface area contributed by atoms with Gasteiger partial charge in [-0.15, -0.1) is 0 Å². The van der Waals surface area contributed by atoms with Crippen LogP contribution in [0.15, 0.2) is 79.3 Å². The average Bonchev–Trinajstić information content (AvgIpc) is 2.94. The maximum Gasteiger partial charge on any atom is 0.255 e. The van der Waals surface area contributed by atoms with Gasteiger partial charge in [-0.1, -0.05) is 39.0 Å². The molecule has 7 heteroatoms. The zero-order valence-corrected chi connectivity index (χ0v) is 23.8. The molecule has 2 N–H and O–H groups in total. The van der Waals surface area contributed by atoms with Crippen molar-refractivity contribution >= 4 is 23.2 Å². The monoisotopic (exact) mass is 534 g/mol. The number of aromatic nitrogens is 3. The molecule has 40 heavy (non-hydrogen) atoms. The van der Waals surface area contributed by atoms with Crippen molar-refractivity contribution in [3.63, 3.8) is 0 Å². The van der Waals surface area contributed by atoms with E-state index < -0.39 is 0 Å². The number of piperidine rings is 1. The minimum Gasteiger partial charge on any atom is -0.324 e. The fraction of sp³-hybridized carbons (Fsp3) is 0.333. The Morgan fingerprint density at radius 3 is 2.62 bits per heavy atom. The van der Waals surface area contributed by atoms with Gasteiger partial charge in [0.25, 0.3) is 5.91 Å². The number of amides is 1. The van der Waals surface area contributed by atoms with Crippen LogP contribution in [0.3, 0.4) is 0 Å². The lowest BCUT2D eigenvalue weighted by atomic mass is 9.88. The fourth-order valence-corrected chi connectivity index (χ4v) is 5.30. The molecule has 0 bridgehead atoms. The highest BCUT2D eigenvalue weighted by Gasteiger charge is 2.24. The van der Waals surface area contributed by atoms with Crippen molar-refractivity contribution in [1.82, 2.24) is 19.9 Å². The lowest BCUT2D eigenvalue weighted by molar-refractivity contribution is 0.102. The van der Waals surface area contributed by atoms with Gasteiger partial charge in [-0.25, -0.2) is 9.97 Å². The van der Waals surface area contributed by atoms with Crippen LogP contribution < -0.4 is 10.6 Å². The van der Waals surface area contributed by atoms with Crippen molar-refractivity contribution in [3.05, 3.63) is 95.9 Å². The molecular formula is C33H38N6O. The molecule has 0 saturated carbocycles. The topological polar surface area (TPSA) is 83.0 Å². The highest BCUT2D eigenvalue weighted by atomic mass is 16.1. The van der Waals surface area contributed by atoms with Gasteiger partial charge in [0.1, 0.15) is 0 Å². The summed E-state index contributed by atoms with van der Waals surface area (Å²) in [4.78, 5) is 28.9. The van der Waals surface area contributed by atoms with Crippen LogP contribution in [-0.2, 0) is 0 Å². The molecule has 5 rings (SSSR count). The normalized spacial score (nSPS) is 15.9. The van der Waals surface area contributed by atoms with Crippen LogP contribution in [0.1, 0.15) is 61.0 Å². The van der Waals surface area contributed by atoms with Gasteiger partial charge in [-0.2, -0.15) is 0 Å². The maximum absolute atomic E-state index is 13.1. The van der Waals surface area contributed by atoms with Crippen molar-refractivity contribution in [2.45, 2.75) is 46.5 Å². The Kier molecular flexibility index (Phi) is 8.21. The van der Waals surface area contributed by atoms with Crippen molar-refractivity contribution in [2.24, 2.45) is 5.41 Å². The van der Waals surface area contributed by atoms with Gasteiger partial charge in [-0.05, 0) is 91.2 Å². The van der Waals surface area contributed by atoms with Gasteiger partial charge >= 0.3 is 0 Å². The molecule has 3 heterocycles. The summed E-state index contributed by atoms with van der Waals surface area (Å²) in [6.07, 6.45) is 7.65. The predicted octanol–water partition coefficient (Wildman–Crippen LogP) is 7.07. The van der Waals surface area contributed by atoms with Crippen LogP contribution in [-0.4, -0.2) is 45.4 Å². The molecule has 206 valence electrons. The van der Waals surface area contributed by atoms with Crippen molar-refractivity contribution < 1.29 is 4.79 Å². The van der Waals surface area contributed by atoms with Gasteiger partial charge < -0.3 is 15.5 Å². The summed E-state index contributed by atoms with van der Waals surface area (Å²) in [6.45, 7) is 12.3. The molecule has 2 aromatic heterocycles. The van der Waals surface area contributed by atoms with Crippen molar-refractivity contribution in [2.75, 3.05) is 30.3 Å². The number of benzene rings is 2. The van der Waals surface area contributed by atoms with Gasteiger partial charge in [-0.3, -0.25) is 9.78 Å². The van der Waals surface area contributed by atoms with E-state index in [4.69, 9.17) is 0 Å². The Balaban J connectivity index is 1.24. The Labute approximate surface area is 237 Å². The third-order valence-electron chi connectivity index (χ3n) is 7.20. The first-order valence-corrected chi connectivity index (χ1v) is 14.0. The maximum atomic E-state index is 13.1. The Morgan fingerprint density at radius 1 is 1.05 bits per heavy atom. The van der Waals surface area contributed by atoms with Gasteiger partial charge in [0.15, 0.2) is 0 Å². The van der Waals surface area contributed by atoms with E-state index in [1.807, 2.05) is 55.5 Å². The second-order valence-corrected chi connectivity index (χ2v) is 11.9. The lowest BCUT2D eigenvalue weighted by Crippen LogP contribution is -2.39. The minimum absolute atomic E-state index is 0.158. The summed E-state index contributed by atoms with van der Waals surface area (Å²) in [5, 5.41) is 6.33. The molecule has 1 aliphatic heterocycles. The summed E-state index contributed by atoms with van der Waals surface area (Å²) >= 11 is 0. The quantitative estimate of drug-likeness (QED) is 0.264. The van der Waals surface area contributed by atoms with Crippen LogP contribution in [0.2, 0.25) is 0 Å². The first-order valence-electron chi connectivity index (χ1n) is 14.0. The van der Waals surface area contributed by atoms with Crippen LogP contribution in [0, 0.1) is 12.3 Å². The number of rotatable bonds is 7. The van der Waals surface area contributed by atoms with Crippen LogP contribution in [0.5, 0.6) is 0 Å². The highest BCUT2D eigenvalue weighted by molar-refractivity contribution is 6.05. The Morgan fingerprint density at radius 2 is 1.88 bits per heavy atom. The number of hydrogen-bond acceptors (Lipinski definition) is 6. The number of carbonyl (C=O) groups is 1. The van der Waals surface area contributed by atoms with Crippen LogP contribution in [0.4, 0.5) is 17.3 Å². The molecule has 0 aliphatic carbocycles. The van der Waals surface area contributed by atoms with Gasteiger partial charge in [0.2, 0.25) is 5.95 Å². The van der Waals surface area contributed by atoms with Crippen molar-refractivity contribution in [1.29, 1.82) is 0 Å². The van der Waals surface area contributed by atoms with E-state index in [-0.39, 0.29) is 5.91 Å². The van der Waals surface area contributed by atoms with Gasteiger partial charge in [0.05, 0.1) is 5.69 Å². The summed E-state index contributed by atoms with van der Waals surface area (Å²) in [7, 11) is 0. The number of pyridine rings is 1. The van der Waals surface area contributed by atoms with E-state index in [1.54, 1.807) is 18.6 Å². The van der Waals surface area contributed by atoms with Gasteiger partial charge in [0, 0.05) is 54.2 Å². The highest BCUT2D eigenvalue weighted by Crippen LogP contribution is 2.30. The largest absolute Gasteiger partial charge is 0.324 e. The molecule has 7 nitrogen and oxygen atoms in total. The molecule has 1 unspecified atom stereocenters. The molecule has 1 fully saturated rings. The predicted molar refractivity (Wildman–Crippen MR) is 162 cm³/mol. The first-order chi connectivity index (χ1) is 19.2. The molecule has 2 aromatic carbocycles. The number of likely N-dealkylation sites (tertiary alicyclic amines) is 1. The third-order valence-corrected chi connectivity index (χ3v) is 7.20. The molecule has 1 saturated heterocycles. The average molecular weight is 535 g/mol. The zero-order chi connectivity index (χ0) is 28.1. The number of carbonyl (C=O) groups excluding carboxylic acids is 1. The zero-order valence-electron chi connectivity index (χ0n) is 23.8. The molecule has 0 radical (unpaired) electrons. The van der Waals surface area contributed by atoms with E-state index >= 15 is 0 Å². The lowest BCUT2D eigenvalue weighted by Gasteiger charge is -2.36. The molecule has 0 spiro atoms. The third kappa shape index (κ3) is 7.10. The second-order valence-electron chi connectivity index (χ2n) is 11.9. The fourth-order valence-electron chi connectivity index (χ4n) is 5.30. The molecular weight excluding hydrogens is 496 g/mol. The van der Waals surface area contributed by atoms with E-state index in [1.165, 1.54) is 24.9 Å². The van der Waals surface area contributed by atoms with E-state index in [2.05, 4.69) is 63.4 Å². The Hall–Kier alpha value is -4.10. The van der Waals surface area contributed by atoms with E-state index in [9.17, 15) is 4.79 Å². The minimum atomic E-state index is -0.158. The SMILES string of the molecule is Cc1ccc(C(=O)Nc2ccc(C3CCCN(CC(C)(C)C)C3)cc2)cc1Nc1nccc(-c2cccnc2)n1. The number of nitrogens with zero attached hydrogens (tertiary/aromatic N) is 4. The molecule has 1 aliphatic rings. The standard InChI is InChI=1S/C33H38N6O/c1-23-9-10-25(19-30(23)38-32-35-17-15-29(37-32)26-7-5-16-34-20-26)31(40)36-28-13-11-24(12-14-28)27-8-6-18-39(21-27)22-33(2,3)4/h5,7,9-17,19-20,27H,6,8,18,21-22H2,1-4H3,(H,36,40)(H,35,37,38). The van der Waals surface area contributed by atoms with E-state index in [0.717, 1.165) is 41.3 Å². The molecule has 4 aromatic rings. The first kappa shape index (κ1) is 27.5. The number of anilines is 3. The summed E-state index contributed by atoms with van der Waals surface area (Å²) < 4.78 is 0. The van der Waals surface area contributed by atoms with Crippen LogP contribution >= 0.6 is 0 Å². The summed E-state index contributed by atoms with van der Waals surface area (Å²) in [5.41, 5.74) is 6.45. The molecule has 1 amide bonds. The van der Waals surface area contributed by atoms with Crippen LogP contribution in [0.25, 0.3) is 11.3 Å². The molecule has 1 atom stereocenters. The Bertz CT molecular complexity index is 1450. The van der Waals surface area contributed by atoms with Crippen molar-refractivity contribution in [3.8, 4) is 11.3 Å². The number of nitrogens with one attached hydrogen (secondary N) is 2. The smallest absolute Gasteiger partial charge is 0.255 e. The van der Waals surface area contributed by atoms with E-state index in [0.29, 0.717) is 22.8 Å². The summed E-state index contributed by atoms with van der Waals surface area (Å²) in [6, 6.07) is 19.6. The number of hydrogen-bond donors (Lipinski definition) is 2. The summed E-state index contributed by atoms with van der Waals surface area (Å²) in [5.74, 6) is 0.835. The second kappa shape index (κ2) is 12.0. The number of aryl methyl sites for hydroxylation is 1.